The molecule has 136 valence electrons. The first-order valence-corrected chi connectivity index (χ1v) is 10.8. The number of aryl methyl sites for hydroxylation is 1. The summed E-state index contributed by atoms with van der Waals surface area (Å²) in [7, 11) is -2.11. The number of benzene rings is 1. The Balaban J connectivity index is 1.70. The molecular formula is C18H24N2O3S2. The molecule has 0 saturated carbocycles. The third-order valence-electron chi connectivity index (χ3n) is 4.40. The van der Waals surface area contributed by atoms with Gasteiger partial charge in [0, 0.05) is 24.0 Å². The van der Waals surface area contributed by atoms with E-state index in [4.69, 9.17) is 4.74 Å². The van der Waals surface area contributed by atoms with Gasteiger partial charge in [0.25, 0.3) is 0 Å². The van der Waals surface area contributed by atoms with Crippen LogP contribution in [0.4, 0.5) is 0 Å². The second-order valence-electron chi connectivity index (χ2n) is 6.43. The van der Waals surface area contributed by atoms with E-state index >= 15 is 0 Å². The molecule has 5 nitrogen and oxygen atoms in total. The van der Waals surface area contributed by atoms with Crippen LogP contribution in [-0.2, 0) is 16.6 Å². The molecule has 0 radical (unpaired) electrons. The molecule has 1 aliphatic rings. The van der Waals surface area contributed by atoms with Gasteiger partial charge in [0.1, 0.15) is 10.6 Å². The molecule has 1 aliphatic heterocycles. The van der Waals surface area contributed by atoms with Crippen molar-refractivity contribution in [2.24, 2.45) is 0 Å². The van der Waals surface area contributed by atoms with Gasteiger partial charge < -0.3 is 4.74 Å². The van der Waals surface area contributed by atoms with Crippen LogP contribution in [0.25, 0.3) is 0 Å². The van der Waals surface area contributed by atoms with Gasteiger partial charge in [-0.1, -0.05) is 12.1 Å². The summed E-state index contributed by atoms with van der Waals surface area (Å²) < 4.78 is 33.7. The highest BCUT2D eigenvalue weighted by atomic mass is 32.2. The van der Waals surface area contributed by atoms with Gasteiger partial charge in [-0.05, 0) is 55.5 Å². The maximum absolute atomic E-state index is 12.8. The Labute approximate surface area is 153 Å². The molecule has 1 aromatic carbocycles. The van der Waals surface area contributed by atoms with Crippen molar-refractivity contribution < 1.29 is 13.2 Å². The fourth-order valence-corrected chi connectivity index (χ4v) is 5.36. The van der Waals surface area contributed by atoms with Crippen LogP contribution in [0.5, 0.6) is 5.75 Å². The van der Waals surface area contributed by atoms with Crippen LogP contribution >= 0.6 is 11.3 Å². The predicted octanol–water partition coefficient (Wildman–Crippen LogP) is 3.01. The number of hydrogen-bond acceptors (Lipinski definition) is 5. The molecule has 1 saturated heterocycles. The summed E-state index contributed by atoms with van der Waals surface area (Å²) in [4.78, 5) is 3.83. The second kappa shape index (κ2) is 7.86. The molecule has 0 amide bonds. The number of methoxy groups -OCH3 is 1. The van der Waals surface area contributed by atoms with E-state index in [0.717, 1.165) is 38.0 Å². The van der Waals surface area contributed by atoms with E-state index in [9.17, 15) is 8.42 Å². The first kappa shape index (κ1) is 18.4. The largest absolute Gasteiger partial charge is 0.495 e. The molecule has 0 bridgehead atoms. The molecule has 1 fully saturated rings. The molecule has 1 aromatic heterocycles. The summed E-state index contributed by atoms with van der Waals surface area (Å²) in [5, 5.41) is 2.07. The van der Waals surface area contributed by atoms with Crippen LogP contribution in [0.2, 0.25) is 0 Å². The number of hydrogen-bond donors (Lipinski definition) is 1. The number of thiophene rings is 1. The fraction of sp³-hybridized carbons (Fsp3) is 0.444. The van der Waals surface area contributed by atoms with Crippen LogP contribution in [0, 0.1) is 6.92 Å². The van der Waals surface area contributed by atoms with Crippen molar-refractivity contribution in [2.75, 3.05) is 20.2 Å². The number of likely N-dealkylation sites (tertiary alicyclic amines) is 1. The second-order valence-corrected chi connectivity index (χ2v) is 9.14. The molecule has 2 heterocycles. The Morgan fingerprint density at radius 2 is 2.20 bits per heavy atom. The topological polar surface area (TPSA) is 58.6 Å². The number of nitrogens with one attached hydrogen (secondary N) is 1. The minimum Gasteiger partial charge on any atom is -0.495 e. The average molecular weight is 381 g/mol. The first-order valence-electron chi connectivity index (χ1n) is 8.39. The first-order chi connectivity index (χ1) is 12.0. The zero-order valence-electron chi connectivity index (χ0n) is 14.6. The Bertz CT molecular complexity index is 804. The van der Waals surface area contributed by atoms with Gasteiger partial charge in [-0.25, -0.2) is 13.1 Å². The molecule has 2 aromatic rings. The number of rotatable bonds is 6. The van der Waals surface area contributed by atoms with Crippen LogP contribution in [0.1, 0.15) is 23.3 Å². The standard InChI is InChI=1S/C18H24N2O3S2/c1-14-7-8-18(17(11-14)23-2)25(21,22)19-15-5-3-9-20(12-15)13-16-6-4-10-24-16/h4,6-8,10-11,15,19H,3,5,9,12-13H2,1-2H3. The monoisotopic (exact) mass is 380 g/mol. The quantitative estimate of drug-likeness (QED) is 0.837. The summed E-state index contributed by atoms with van der Waals surface area (Å²) >= 11 is 1.74. The van der Waals surface area contributed by atoms with E-state index in [2.05, 4.69) is 21.1 Å². The highest BCUT2D eigenvalue weighted by molar-refractivity contribution is 7.89. The lowest BCUT2D eigenvalue weighted by atomic mass is 10.1. The lowest BCUT2D eigenvalue weighted by Crippen LogP contribution is -2.47. The van der Waals surface area contributed by atoms with Gasteiger partial charge in [0.2, 0.25) is 10.0 Å². The third kappa shape index (κ3) is 4.61. The van der Waals surface area contributed by atoms with Gasteiger partial charge in [-0.3, -0.25) is 4.90 Å². The zero-order valence-corrected chi connectivity index (χ0v) is 16.2. The van der Waals surface area contributed by atoms with Crippen molar-refractivity contribution in [3.8, 4) is 5.75 Å². The van der Waals surface area contributed by atoms with Gasteiger partial charge in [-0.2, -0.15) is 0 Å². The van der Waals surface area contributed by atoms with Crippen molar-refractivity contribution in [2.45, 2.75) is 37.2 Å². The number of nitrogens with zero attached hydrogens (tertiary/aromatic N) is 1. The molecule has 7 heteroatoms. The van der Waals surface area contributed by atoms with Gasteiger partial charge >= 0.3 is 0 Å². The van der Waals surface area contributed by atoms with Crippen molar-refractivity contribution in [3.05, 3.63) is 46.2 Å². The predicted molar refractivity (Wildman–Crippen MR) is 101 cm³/mol. The third-order valence-corrected chi connectivity index (χ3v) is 6.82. The lowest BCUT2D eigenvalue weighted by Gasteiger charge is -2.32. The molecule has 0 aliphatic carbocycles. The van der Waals surface area contributed by atoms with Gasteiger partial charge in [-0.15, -0.1) is 11.3 Å². The Hall–Kier alpha value is -1.41. The molecule has 3 rings (SSSR count). The highest BCUT2D eigenvalue weighted by Crippen LogP contribution is 2.26. The maximum Gasteiger partial charge on any atom is 0.244 e. The van der Waals surface area contributed by atoms with Crippen molar-refractivity contribution in [1.29, 1.82) is 0 Å². The van der Waals surface area contributed by atoms with E-state index in [1.807, 2.05) is 13.0 Å². The van der Waals surface area contributed by atoms with E-state index in [1.165, 1.54) is 12.0 Å². The normalized spacial score (nSPS) is 19.0. The van der Waals surface area contributed by atoms with E-state index < -0.39 is 10.0 Å². The van der Waals surface area contributed by atoms with Crippen molar-refractivity contribution in [3.63, 3.8) is 0 Å². The Morgan fingerprint density at radius 1 is 1.36 bits per heavy atom. The highest BCUT2D eigenvalue weighted by Gasteiger charge is 2.27. The minimum absolute atomic E-state index is 0.0790. The Morgan fingerprint density at radius 3 is 2.92 bits per heavy atom. The summed E-state index contributed by atoms with van der Waals surface area (Å²) in [6, 6.07) is 9.25. The van der Waals surface area contributed by atoms with Crippen LogP contribution in [0.15, 0.2) is 40.6 Å². The molecular weight excluding hydrogens is 356 g/mol. The van der Waals surface area contributed by atoms with Gasteiger partial charge in [0.15, 0.2) is 0 Å². The summed E-state index contributed by atoms with van der Waals surface area (Å²) in [6.07, 6.45) is 1.85. The smallest absolute Gasteiger partial charge is 0.244 e. The van der Waals surface area contributed by atoms with Crippen LogP contribution in [0.3, 0.4) is 0 Å². The molecule has 1 unspecified atom stereocenters. The number of piperidine rings is 1. The van der Waals surface area contributed by atoms with Crippen LogP contribution in [-0.4, -0.2) is 39.6 Å². The SMILES string of the molecule is COc1cc(C)ccc1S(=O)(=O)NC1CCCN(Cc2cccs2)C1. The van der Waals surface area contributed by atoms with Crippen molar-refractivity contribution >= 4 is 21.4 Å². The number of sulfonamides is 1. The molecule has 1 N–H and O–H groups in total. The van der Waals surface area contributed by atoms with Gasteiger partial charge in [0.05, 0.1) is 7.11 Å². The Kier molecular flexibility index (Phi) is 5.78. The fourth-order valence-electron chi connectivity index (χ4n) is 3.20. The zero-order chi connectivity index (χ0) is 17.9. The van der Waals surface area contributed by atoms with E-state index in [0.29, 0.717) is 5.75 Å². The summed E-state index contributed by atoms with van der Waals surface area (Å²) in [5.41, 5.74) is 0.968. The lowest BCUT2D eigenvalue weighted by molar-refractivity contribution is 0.196. The van der Waals surface area contributed by atoms with E-state index in [-0.39, 0.29) is 10.9 Å². The summed E-state index contributed by atoms with van der Waals surface area (Å²) in [6.45, 7) is 4.52. The van der Waals surface area contributed by atoms with Crippen molar-refractivity contribution in [1.82, 2.24) is 9.62 Å². The minimum atomic E-state index is -3.60. The van der Waals surface area contributed by atoms with Crippen LogP contribution < -0.4 is 9.46 Å². The molecule has 1 atom stereocenters. The average Bonchev–Trinajstić information content (AvgIpc) is 3.07. The maximum atomic E-state index is 12.8. The van der Waals surface area contributed by atoms with E-state index in [1.54, 1.807) is 29.5 Å². The number of ether oxygens (including phenoxy) is 1. The summed E-state index contributed by atoms with van der Waals surface area (Å²) in [5.74, 6) is 0.388. The molecule has 25 heavy (non-hydrogen) atoms. The molecule has 0 spiro atoms.